The lowest BCUT2D eigenvalue weighted by atomic mass is 9.80. The first kappa shape index (κ1) is 12.0. The molecule has 0 spiro atoms. The first-order valence-corrected chi connectivity index (χ1v) is 5.61. The Kier molecular flexibility index (Phi) is 3.38. The minimum Gasteiger partial charge on any atom is -0.376 e. The minimum absolute atomic E-state index is 0.0296. The van der Waals surface area contributed by atoms with Gasteiger partial charge in [-0.15, -0.1) is 0 Å². The van der Waals surface area contributed by atoms with Crippen molar-refractivity contribution in [1.29, 1.82) is 0 Å². The van der Waals surface area contributed by atoms with Crippen LogP contribution >= 0.6 is 0 Å². The van der Waals surface area contributed by atoms with E-state index in [0.29, 0.717) is 6.54 Å². The zero-order valence-corrected chi connectivity index (χ0v) is 9.70. The van der Waals surface area contributed by atoms with Crippen molar-refractivity contribution in [3.05, 3.63) is 29.8 Å². The molecule has 0 aromatic carbocycles. The number of nitrogens with zero attached hydrogens (tertiary/aromatic N) is 1. The number of rotatable bonds is 4. The summed E-state index contributed by atoms with van der Waals surface area (Å²) in [6.45, 7) is 0.413. The van der Waals surface area contributed by atoms with Crippen molar-refractivity contribution in [3.8, 4) is 0 Å². The molecule has 17 heavy (non-hydrogen) atoms. The molecule has 1 amide bonds. The highest BCUT2D eigenvalue weighted by Gasteiger charge is 2.37. The lowest BCUT2D eigenvalue weighted by Gasteiger charge is -2.40. The number of nitrogens with one attached hydrogen (secondary N) is 1. The molecule has 0 unspecified atom stereocenters. The number of carbonyl (C=O) groups is 1. The van der Waals surface area contributed by atoms with Crippen molar-refractivity contribution in [1.82, 2.24) is 10.3 Å². The summed E-state index contributed by atoms with van der Waals surface area (Å²) in [7, 11) is 1.63. The Morgan fingerprint density at radius 2 is 2.41 bits per heavy atom. The summed E-state index contributed by atoms with van der Waals surface area (Å²) in [6.07, 6.45) is 4.28. The van der Waals surface area contributed by atoms with Gasteiger partial charge in [-0.3, -0.25) is 4.79 Å². The number of methoxy groups -OCH3 is 1. The summed E-state index contributed by atoms with van der Waals surface area (Å²) in [5, 5.41) is 2.69. The van der Waals surface area contributed by atoms with Crippen LogP contribution in [0, 0.1) is 5.95 Å². The Balaban J connectivity index is 1.96. The molecule has 0 saturated heterocycles. The van der Waals surface area contributed by atoms with E-state index in [9.17, 15) is 9.18 Å². The second-order valence-electron chi connectivity index (χ2n) is 4.27. The minimum atomic E-state index is -0.745. The fourth-order valence-corrected chi connectivity index (χ4v) is 1.92. The summed E-state index contributed by atoms with van der Waals surface area (Å²) in [5.74, 6) is -1.19. The van der Waals surface area contributed by atoms with Crippen LogP contribution in [0.3, 0.4) is 0 Å². The van der Waals surface area contributed by atoms with Crippen LogP contribution < -0.4 is 5.32 Å². The van der Waals surface area contributed by atoms with Gasteiger partial charge in [-0.25, -0.2) is 4.98 Å². The van der Waals surface area contributed by atoms with Gasteiger partial charge in [-0.05, 0) is 31.4 Å². The lowest BCUT2D eigenvalue weighted by Crippen LogP contribution is -2.49. The van der Waals surface area contributed by atoms with E-state index in [1.807, 2.05) is 0 Å². The van der Waals surface area contributed by atoms with Crippen molar-refractivity contribution in [2.24, 2.45) is 0 Å². The fourth-order valence-electron chi connectivity index (χ4n) is 1.92. The highest BCUT2D eigenvalue weighted by Crippen LogP contribution is 2.34. The summed E-state index contributed by atoms with van der Waals surface area (Å²) >= 11 is 0. The monoisotopic (exact) mass is 238 g/mol. The van der Waals surface area contributed by atoms with Crippen LogP contribution in [0.4, 0.5) is 4.39 Å². The molecular formula is C12H15FN2O2. The van der Waals surface area contributed by atoms with Crippen LogP contribution in [0.2, 0.25) is 0 Å². The van der Waals surface area contributed by atoms with Gasteiger partial charge in [0.1, 0.15) is 0 Å². The van der Waals surface area contributed by atoms with Crippen molar-refractivity contribution in [2.45, 2.75) is 24.9 Å². The molecule has 1 aliphatic carbocycles. The van der Waals surface area contributed by atoms with E-state index in [-0.39, 0.29) is 11.2 Å². The third-order valence-corrected chi connectivity index (χ3v) is 3.27. The Labute approximate surface area is 99.2 Å². The number of hydrogen-bond acceptors (Lipinski definition) is 3. The maximum atomic E-state index is 13.2. The van der Waals surface area contributed by atoms with Crippen molar-refractivity contribution >= 4 is 5.91 Å². The molecule has 0 aliphatic heterocycles. The van der Waals surface area contributed by atoms with Crippen LogP contribution in [0.5, 0.6) is 0 Å². The molecule has 0 radical (unpaired) electrons. The van der Waals surface area contributed by atoms with Gasteiger partial charge in [0.15, 0.2) is 0 Å². The van der Waals surface area contributed by atoms with E-state index in [1.165, 1.54) is 18.3 Å². The molecule has 0 bridgehead atoms. The number of aromatic nitrogens is 1. The molecule has 1 fully saturated rings. The highest BCUT2D eigenvalue weighted by atomic mass is 19.1. The van der Waals surface area contributed by atoms with Crippen molar-refractivity contribution in [3.63, 3.8) is 0 Å². The largest absolute Gasteiger partial charge is 0.376 e. The second kappa shape index (κ2) is 4.79. The SMILES string of the molecule is COC1(CNC(=O)c2cccnc2F)CCC1. The number of ether oxygens (including phenoxy) is 1. The molecule has 2 rings (SSSR count). The zero-order valence-electron chi connectivity index (χ0n) is 9.70. The Morgan fingerprint density at radius 1 is 1.65 bits per heavy atom. The zero-order chi connectivity index (χ0) is 12.3. The number of hydrogen-bond donors (Lipinski definition) is 1. The number of amides is 1. The lowest BCUT2D eigenvalue weighted by molar-refractivity contribution is -0.0679. The maximum absolute atomic E-state index is 13.2. The first-order chi connectivity index (χ1) is 8.17. The third-order valence-electron chi connectivity index (χ3n) is 3.27. The molecule has 1 N–H and O–H groups in total. The van der Waals surface area contributed by atoms with Gasteiger partial charge >= 0.3 is 0 Å². The molecule has 5 heteroatoms. The van der Waals surface area contributed by atoms with Gasteiger partial charge in [-0.2, -0.15) is 4.39 Å². The van der Waals surface area contributed by atoms with E-state index in [2.05, 4.69) is 10.3 Å². The fraction of sp³-hybridized carbons (Fsp3) is 0.500. The van der Waals surface area contributed by atoms with E-state index < -0.39 is 11.9 Å². The van der Waals surface area contributed by atoms with Crippen LogP contribution in [0.15, 0.2) is 18.3 Å². The van der Waals surface area contributed by atoms with Crippen molar-refractivity contribution < 1.29 is 13.9 Å². The van der Waals surface area contributed by atoms with E-state index in [4.69, 9.17) is 4.74 Å². The molecule has 1 aromatic rings. The molecule has 1 aliphatic rings. The van der Waals surface area contributed by atoms with Gasteiger partial charge in [0.05, 0.1) is 11.2 Å². The number of carbonyl (C=O) groups excluding carboxylic acids is 1. The Bertz CT molecular complexity index is 413. The second-order valence-corrected chi connectivity index (χ2v) is 4.27. The predicted molar refractivity (Wildman–Crippen MR) is 60.1 cm³/mol. The van der Waals surface area contributed by atoms with Gasteiger partial charge in [-0.1, -0.05) is 0 Å². The smallest absolute Gasteiger partial charge is 0.256 e. The summed E-state index contributed by atoms with van der Waals surface area (Å²) in [4.78, 5) is 15.2. The molecular weight excluding hydrogens is 223 g/mol. The van der Waals surface area contributed by atoms with Gasteiger partial charge in [0.25, 0.3) is 5.91 Å². The van der Waals surface area contributed by atoms with Crippen LogP contribution in [-0.4, -0.2) is 30.1 Å². The third kappa shape index (κ3) is 2.44. The quantitative estimate of drug-likeness (QED) is 0.809. The standard InChI is InChI=1S/C12H15FN2O2/c1-17-12(5-3-6-12)8-15-11(16)9-4-2-7-14-10(9)13/h2,4,7H,3,5-6,8H2,1H3,(H,15,16). The molecule has 4 nitrogen and oxygen atoms in total. The topological polar surface area (TPSA) is 51.2 Å². The average molecular weight is 238 g/mol. The van der Waals surface area contributed by atoms with Gasteiger partial charge in [0.2, 0.25) is 5.95 Å². The van der Waals surface area contributed by atoms with Gasteiger partial charge < -0.3 is 10.1 Å². The number of halogens is 1. The summed E-state index contributed by atoms with van der Waals surface area (Å²) in [5.41, 5.74) is -0.285. The molecule has 1 heterocycles. The van der Waals surface area contributed by atoms with Crippen molar-refractivity contribution in [2.75, 3.05) is 13.7 Å². The highest BCUT2D eigenvalue weighted by molar-refractivity contribution is 5.94. The predicted octanol–water partition coefficient (Wildman–Crippen LogP) is 1.52. The molecule has 0 atom stereocenters. The van der Waals surface area contributed by atoms with Crippen LogP contribution in [-0.2, 0) is 4.74 Å². The normalized spacial score (nSPS) is 17.3. The van der Waals surface area contributed by atoms with Gasteiger partial charge in [0, 0.05) is 19.9 Å². The summed E-state index contributed by atoms with van der Waals surface area (Å²) in [6, 6.07) is 2.95. The molecule has 92 valence electrons. The molecule has 1 saturated carbocycles. The van der Waals surface area contributed by atoms with E-state index >= 15 is 0 Å². The maximum Gasteiger partial charge on any atom is 0.256 e. The Hall–Kier alpha value is -1.49. The van der Waals surface area contributed by atoms with E-state index in [0.717, 1.165) is 19.3 Å². The van der Waals surface area contributed by atoms with Crippen LogP contribution in [0.25, 0.3) is 0 Å². The van der Waals surface area contributed by atoms with E-state index in [1.54, 1.807) is 7.11 Å². The van der Waals surface area contributed by atoms with Crippen LogP contribution in [0.1, 0.15) is 29.6 Å². The Morgan fingerprint density at radius 3 is 2.94 bits per heavy atom. The number of pyridine rings is 1. The average Bonchev–Trinajstić information content (AvgIpc) is 2.28. The first-order valence-electron chi connectivity index (χ1n) is 5.61. The summed E-state index contributed by atoms with van der Waals surface area (Å²) < 4.78 is 18.6. The molecule has 1 aromatic heterocycles.